The van der Waals surface area contributed by atoms with Crippen molar-refractivity contribution in [3.05, 3.63) is 180 Å². The van der Waals surface area contributed by atoms with E-state index in [9.17, 15) is 9.59 Å². The third kappa shape index (κ3) is 12.5. The number of hydrogen-bond acceptors (Lipinski definition) is 6. The first-order valence-electron chi connectivity index (χ1n) is 17.8. The van der Waals surface area contributed by atoms with E-state index in [4.69, 9.17) is 18.9 Å². The van der Waals surface area contributed by atoms with Crippen LogP contribution in [0, 0.1) is 30.6 Å². The van der Waals surface area contributed by atoms with Crippen LogP contribution >= 0.6 is 0 Å². The molecule has 54 heavy (non-hydrogen) atoms. The fraction of sp³-hybridized carbons (Fsp3) is 0.167. The molecule has 0 saturated carbocycles. The van der Waals surface area contributed by atoms with E-state index < -0.39 is 11.9 Å². The Morgan fingerprint density at radius 1 is 0.556 bits per heavy atom. The minimum absolute atomic E-state index is 0.321. The molecule has 5 aromatic rings. The molecule has 0 aliphatic rings. The van der Waals surface area contributed by atoms with Crippen molar-refractivity contribution in [2.24, 2.45) is 0 Å². The van der Waals surface area contributed by atoms with Gasteiger partial charge in [0.2, 0.25) is 0 Å². The van der Waals surface area contributed by atoms with Gasteiger partial charge in [0.15, 0.2) is 0 Å². The van der Waals surface area contributed by atoms with Gasteiger partial charge in [-0.25, -0.2) is 9.59 Å². The standard InChI is InChI=1S/C48H42O6/c1-4-47(49)52-32-7-6-31-51-45-27-25-44(26-28-45)43-23-20-39(21-24-43)14-17-41-22-29-46(36(3)34-41)54-35-42-18-15-38(16-19-42)9-8-37-10-12-40(13-11-37)30-33-53-48(50)5-2/h4-5,10-13,15-16,18-29,34H,1-2,6-7,30-33,35H2,3H3. The van der Waals surface area contributed by atoms with Crippen LogP contribution in [0.2, 0.25) is 0 Å². The molecule has 0 radical (unpaired) electrons. The maximum absolute atomic E-state index is 11.2. The van der Waals surface area contributed by atoms with Crippen LogP contribution in [-0.2, 0) is 32.1 Å². The lowest BCUT2D eigenvalue weighted by molar-refractivity contribution is -0.138. The van der Waals surface area contributed by atoms with Gasteiger partial charge in [0.1, 0.15) is 18.1 Å². The number of rotatable bonds is 15. The Bertz CT molecular complexity index is 2160. The highest BCUT2D eigenvalue weighted by Crippen LogP contribution is 2.24. The molecule has 0 fully saturated rings. The van der Waals surface area contributed by atoms with E-state index in [1.54, 1.807) is 0 Å². The number of benzene rings is 5. The average molecular weight is 715 g/mol. The van der Waals surface area contributed by atoms with E-state index in [2.05, 4.69) is 49.0 Å². The van der Waals surface area contributed by atoms with Gasteiger partial charge in [-0.05, 0) is 114 Å². The first-order chi connectivity index (χ1) is 26.4. The van der Waals surface area contributed by atoms with Gasteiger partial charge in [0, 0.05) is 40.8 Å². The molecule has 6 heteroatoms. The van der Waals surface area contributed by atoms with E-state index in [-0.39, 0.29) is 0 Å². The second-order valence-corrected chi connectivity index (χ2v) is 12.3. The largest absolute Gasteiger partial charge is 0.494 e. The Balaban J connectivity index is 1.06. The number of esters is 2. The van der Waals surface area contributed by atoms with E-state index in [0.717, 1.165) is 74.4 Å². The third-order valence-corrected chi connectivity index (χ3v) is 8.27. The minimum Gasteiger partial charge on any atom is -0.494 e. The van der Waals surface area contributed by atoms with Crippen LogP contribution in [0.1, 0.15) is 51.8 Å². The molecule has 0 aliphatic heterocycles. The van der Waals surface area contributed by atoms with Gasteiger partial charge in [-0.2, -0.15) is 0 Å². The Hall–Kier alpha value is -6.76. The van der Waals surface area contributed by atoms with Crippen LogP contribution in [0.25, 0.3) is 11.1 Å². The smallest absolute Gasteiger partial charge is 0.330 e. The fourth-order valence-corrected chi connectivity index (χ4v) is 5.22. The van der Waals surface area contributed by atoms with Crippen LogP contribution in [0.3, 0.4) is 0 Å². The summed E-state index contributed by atoms with van der Waals surface area (Å²) in [5.74, 6) is 13.8. The predicted molar refractivity (Wildman–Crippen MR) is 213 cm³/mol. The first-order valence-corrected chi connectivity index (χ1v) is 17.8. The van der Waals surface area contributed by atoms with Crippen LogP contribution < -0.4 is 9.47 Å². The molecule has 6 nitrogen and oxygen atoms in total. The topological polar surface area (TPSA) is 71.1 Å². The molecule has 5 rings (SSSR count). The normalized spacial score (nSPS) is 10.1. The molecular weight excluding hydrogens is 673 g/mol. The second-order valence-electron chi connectivity index (χ2n) is 12.3. The van der Waals surface area contributed by atoms with Gasteiger partial charge in [0.05, 0.1) is 19.8 Å². The van der Waals surface area contributed by atoms with Gasteiger partial charge in [-0.15, -0.1) is 0 Å². The molecule has 5 aromatic carbocycles. The van der Waals surface area contributed by atoms with Crippen LogP contribution in [0.15, 0.2) is 141 Å². The molecule has 0 unspecified atom stereocenters. The lowest BCUT2D eigenvalue weighted by Crippen LogP contribution is -2.04. The average Bonchev–Trinajstić information content (AvgIpc) is 3.21. The van der Waals surface area contributed by atoms with Crippen molar-refractivity contribution in [1.29, 1.82) is 0 Å². The molecule has 0 aromatic heterocycles. The fourth-order valence-electron chi connectivity index (χ4n) is 5.22. The number of aryl methyl sites for hydroxylation is 1. The summed E-state index contributed by atoms with van der Waals surface area (Å²) in [4.78, 5) is 22.3. The summed E-state index contributed by atoms with van der Waals surface area (Å²) in [6.07, 6.45) is 4.50. The number of carbonyl (C=O) groups excluding carboxylic acids is 2. The van der Waals surface area contributed by atoms with Crippen molar-refractivity contribution in [3.8, 4) is 46.3 Å². The molecule has 0 bridgehead atoms. The van der Waals surface area contributed by atoms with E-state index in [1.165, 1.54) is 12.2 Å². The summed E-state index contributed by atoms with van der Waals surface area (Å²) < 4.78 is 22.0. The molecule has 0 N–H and O–H groups in total. The quantitative estimate of drug-likeness (QED) is 0.0466. The molecule has 0 atom stereocenters. The lowest BCUT2D eigenvalue weighted by Gasteiger charge is -2.09. The van der Waals surface area contributed by atoms with Gasteiger partial charge in [0.25, 0.3) is 0 Å². The number of hydrogen-bond donors (Lipinski definition) is 0. The highest BCUT2D eigenvalue weighted by atomic mass is 16.5. The minimum atomic E-state index is -0.412. The first kappa shape index (κ1) is 38.5. The Morgan fingerprint density at radius 3 is 1.61 bits per heavy atom. The maximum Gasteiger partial charge on any atom is 0.330 e. The summed E-state index contributed by atoms with van der Waals surface area (Å²) in [5.41, 5.74) is 9.02. The summed E-state index contributed by atoms with van der Waals surface area (Å²) in [6, 6.07) is 38.2. The summed E-state index contributed by atoms with van der Waals surface area (Å²) in [7, 11) is 0. The Labute approximate surface area is 318 Å². The van der Waals surface area contributed by atoms with Crippen molar-refractivity contribution < 1.29 is 28.5 Å². The van der Waals surface area contributed by atoms with Gasteiger partial charge < -0.3 is 18.9 Å². The molecule has 0 spiro atoms. The zero-order valence-corrected chi connectivity index (χ0v) is 30.4. The monoisotopic (exact) mass is 714 g/mol. The Morgan fingerprint density at radius 2 is 1.04 bits per heavy atom. The molecule has 0 saturated heterocycles. The summed E-state index contributed by atoms with van der Waals surface area (Å²) in [5, 5.41) is 0. The van der Waals surface area contributed by atoms with Gasteiger partial charge in [-0.1, -0.05) is 85.4 Å². The predicted octanol–water partition coefficient (Wildman–Crippen LogP) is 9.20. The van der Waals surface area contributed by atoms with Crippen molar-refractivity contribution in [2.75, 3.05) is 19.8 Å². The number of ether oxygens (including phenoxy) is 4. The van der Waals surface area contributed by atoms with Crippen LogP contribution in [0.5, 0.6) is 11.5 Å². The highest BCUT2D eigenvalue weighted by Gasteiger charge is 2.04. The van der Waals surface area contributed by atoms with Crippen LogP contribution in [-0.4, -0.2) is 31.8 Å². The number of unbranched alkanes of at least 4 members (excludes halogenated alkanes) is 1. The zero-order valence-electron chi connectivity index (χ0n) is 30.4. The SMILES string of the molecule is C=CC(=O)OCCCCOc1ccc(-c2ccc(C#Cc3ccc(OCc4ccc(C#Cc5ccc(CCOC(=O)C=C)cc5)cc4)c(C)c3)cc2)cc1. The summed E-state index contributed by atoms with van der Waals surface area (Å²) >= 11 is 0. The van der Waals surface area contributed by atoms with E-state index in [1.807, 2.05) is 110 Å². The van der Waals surface area contributed by atoms with Crippen molar-refractivity contribution in [3.63, 3.8) is 0 Å². The summed E-state index contributed by atoms with van der Waals surface area (Å²) in [6.45, 7) is 10.5. The highest BCUT2D eigenvalue weighted by molar-refractivity contribution is 5.81. The molecular formula is C48H42O6. The molecule has 0 amide bonds. The molecule has 270 valence electrons. The zero-order chi connectivity index (χ0) is 38.0. The van der Waals surface area contributed by atoms with Crippen molar-refractivity contribution >= 4 is 11.9 Å². The van der Waals surface area contributed by atoms with E-state index in [0.29, 0.717) is 32.8 Å². The lowest BCUT2D eigenvalue weighted by atomic mass is 10.0. The molecule has 0 aliphatic carbocycles. The van der Waals surface area contributed by atoms with E-state index >= 15 is 0 Å². The third-order valence-electron chi connectivity index (χ3n) is 8.27. The second kappa shape index (κ2) is 20.3. The van der Waals surface area contributed by atoms with Crippen molar-refractivity contribution in [1.82, 2.24) is 0 Å². The number of carbonyl (C=O) groups is 2. The maximum atomic E-state index is 11.2. The molecule has 0 heterocycles. The van der Waals surface area contributed by atoms with Crippen molar-refractivity contribution in [2.45, 2.75) is 32.8 Å². The van der Waals surface area contributed by atoms with Gasteiger partial charge in [-0.3, -0.25) is 0 Å². The van der Waals surface area contributed by atoms with Crippen LogP contribution in [0.4, 0.5) is 0 Å². The Kier molecular flexibility index (Phi) is 14.5. The van der Waals surface area contributed by atoms with Gasteiger partial charge >= 0.3 is 11.9 Å².